The fourth-order valence-electron chi connectivity index (χ4n) is 2.66. The van der Waals surface area contributed by atoms with Crippen LogP contribution in [0.1, 0.15) is 15.9 Å². The first-order valence-electron chi connectivity index (χ1n) is 8.53. The van der Waals surface area contributed by atoms with Gasteiger partial charge in [-0.3, -0.25) is 4.79 Å². The molecule has 1 N–H and O–H groups in total. The van der Waals surface area contributed by atoms with E-state index < -0.39 is 11.7 Å². The van der Waals surface area contributed by atoms with Crippen LogP contribution in [0.15, 0.2) is 65.0 Å². The molecule has 3 aromatic carbocycles. The van der Waals surface area contributed by atoms with Crippen LogP contribution < -0.4 is 5.32 Å². The molecule has 1 aromatic heterocycles. The number of carbonyl (C=O) groups is 1. The highest BCUT2D eigenvalue weighted by molar-refractivity contribution is 8.00. The molecule has 0 aliphatic heterocycles. The number of amides is 1. The highest BCUT2D eigenvalue weighted by Gasteiger charge is 2.12. The third-order valence-corrected chi connectivity index (χ3v) is 7.06. The van der Waals surface area contributed by atoms with E-state index in [-0.39, 0.29) is 5.56 Å². The molecule has 0 aliphatic rings. The second-order valence-corrected chi connectivity index (χ2v) is 9.20. The predicted octanol–water partition coefficient (Wildman–Crippen LogP) is 7.29. The summed E-state index contributed by atoms with van der Waals surface area (Å²) in [6.07, 6.45) is 0. The van der Waals surface area contributed by atoms with E-state index in [0.717, 1.165) is 20.1 Å². The minimum Gasteiger partial charge on any atom is -0.322 e. The predicted molar refractivity (Wildman–Crippen MR) is 120 cm³/mol. The average molecular weight is 463 g/mol. The molecule has 0 atom stereocenters. The third kappa shape index (κ3) is 4.73. The SMILES string of the molecule is O=C(Nc1ccc2nc(SCc3ccc(Cl)c(Cl)c3)sc2c1)c1ccccc1F. The van der Waals surface area contributed by atoms with E-state index in [1.165, 1.54) is 23.5 Å². The maximum atomic E-state index is 13.8. The van der Waals surface area contributed by atoms with Gasteiger partial charge in [0.15, 0.2) is 4.34 Å². The Hall–Kier alpha value is -2.12. The van der Waals surface area contributed by atoms with Gasteiger partial charge in [-0.25, -0.2) is 9.37 Å². The Balaban J connectivity index is 1.48. The van der Waals surface area contributed by atoms with Crippen LogP contribution in [0.25, 0.3) is 10.2 Å². The van der Waals surface area contributed by atoms with E-state index in [4.69, 9.17) is 23.2 Å². The monoisotopic (exact) mass is 462 g/mol. The largest absolute Gasteiger partial charge is 0.322 e. The van der Waals surface area contributed by atoms with Crippen molar-refractivity contribution < 1.29 is 9.18 Å². The number of halogens is 3. The van der Waals surface area contributed by atoms with Crippen LogP contribution >= 0.6 is 46.3 Å². The summed E-state index contributed by atoms with van der Waals surface area (Å²) in [5.41, 5.74) is 2.50. The van der Waals surface area contributed by atoms with E-state index in [9.17, 15) is 9.18 Å². The van der Waals surface area contributed by atoms with Crippen molar-refractivity contribution in [2.45, 2.75) is 10.1 Å². The van der Waals surface area contributed by atoms with Crippen LogP contribution in [-0.4, -0.2) is 10.9 Å². The van der Waals surface area contributed by atoms with Crippen LogP contribution in [0.3, 0.4) is 0 Å². The molecule has 0 saturated heterocycles. The lowest BCUT2D eigenvalue weighted by molar-refractivity contribution is 0.102. The Morgan fingerprint density at radius 1 is 1.07 bits per heavy atom. The third-order valence-electron chi connectivity index (χ3n) is 4.09. The summed E-state index contributed by atoms with van der Waals surface area (Å²) < 4.78 is 15.6. The van der Waals surface area contributed by atoms with Crippen molar-refractivity contribution in [3.8, 4) is 0 Å². The standard InChI is InChI=1S/C21H13Cl2FN2OS2/c22-15-7-5-12(9-16(15)23)11-28-21-26-18-8-6-13(10-19(18)29-21)25-20(27)14-3-1-2-4-17(14)24/h1-10H,11H2,(H,25,27). The molecule has 146 valence electrons. The van der Waals surface area contributed by atoms with Crippen molar-refractivity contribution >= 4 is 68.1 Å². The Kier molecular flexibility index (Phi) is 6.06. The molecule has 29 heavy (non-hydrogen) atoms. The number of hydrogen-bond donors (Lipinski definition) is 1. The Morgan fingerprint density at radius 2 is 1.90 bits per heavy atom. The number of nitrogens with one attached hydrogen (secondary N) is 1. The lowest BCUT2D eigenvalue weighted by Gasteiger charge is -2.05. The van der Waals surface area contributed by atoms with Gasteiger partial charge in [-0.05, 0) is 48.0 Å². The number of nitrogens with zero attached hydrogens (tertiary/aromatic N) is 1. The second kappa shape index (κ2) is 8.71. The number of fused-ring (bicyclic) bond motifs is 1. The highest BCUT2D eigenvalue weighted by Crippen LogP contribution is 2.34. The van der Waals surface area contributed by atoms with Gasteiger partial charge in [-0.1, -0.05) is 53.2 Å². The Morgan fingerprint density at radius 3 is 2.69 bits per heavy atom. The van der Waals surface area contributed by atoms with Crippen molar-refractivity contribution in [1.29, 1.82) is 0 Å². The number of anilines is 1. The summed E-state index contributed by atoms with van der Waals surface area (Å²) in [7, 11) is 0. The average Bonchev–Trinajstić information content (AvgIpc) is 3.11. The van der Waals surface area contributed by atoms with Crippen LogP contribution in [0.5, 0.6) is 0 Å². The molecule has 4 rings (SSSR count). The van der Waals surface area contributed by atoms with Crippen molar-refractivity contribution in [1.82, 2.24) is 4.98 Å². The molecular weight excluding hydrogens is 450 g/mol. The highest BCUT2D eigenvalue weighted by atomic mass is 35.5. The van der Waals surface area contributed by atoms with E-state index in [1.807, 2.05) is 24.3 Å². The number of aromatic nitrogens is 1. The van der Waals surface area contributed by atoms with Crippen molar-refractivity contribution in [2.24, 2.45) is 0 Å². The van der Waals surface area contributed by atoms with Crippen molar-refractivity contribution in [3.63, 3.8) is 0 Å². The van der Waals surface area contributed by atoms with Crippen LogP contribution in [0.4, 0.5) is 10.1 Å². The zero-order valence-electron chi connectivity index (χ0n) is 14.8. The molecule has 0 aliphatic carbocycles. The van der Waals surface area contributed by atoms with Crippen LogP contribution in [-0.2, 0) is 5.75 Å². The molecule has 1 amide bonds. The van der Waals surface area contributed by atoms with Gasteiger partial charge >= 0.3 is 0 Å². The lowest BCUT2D eigenvalue weighted by Crippen LogP contribution is -2.13. The molecule has 0 spiro atoms. The van der Waals surface area contributed by atoms with Crippen LogP contribution in [0.2, 0.25) is 10.0 Å². The maximum absolute atomic E-state index is 13.8. The van der Waals surface area contributed by atoms with E-state index in [1.54, 1.807) is 36.0 Å². The van der Waals surface area contributed by atoms with Gasteiger partial charge in [0, 0.05) is 11.4 Å². The molecule has 0 unspecified atom stereocenters. The molecule has 0 saturated carbocycles. The molecule has 1 heterocycles. The van der Waals surface area contributed by atoms with Gasteiger partial charge in [-0.15, -0.1) is 11.3 Å². The minimum absolute atomic E-state index is 0.00905. The van der Waals surface area contributed by atoms with Crippen molar-refractivity contribution in [2.75, 3.05) is 5.32 Å². The van der Waals surface area contributed by atoms with Gasteiger partial charge in [0.05, 0.1) is 25.8 Å². The molecule has 0 radical (unpaired) electrons. The van der Waals surface area contributed by atoms with Crippen LogP contribution in [0, 0.1) is 5.82 Å². The fourth-order valence-corrected chi connectivity index (χ4v) is 5.03. The summed E-state index contributed by atoms with van der Waals surface area (Å²) in [5, 5.41) is 3.80. The smallest absolute Gasteiger partial charge is 0.258 e. The Bertz CT molecular complexity index is 1210. The second-order valence-electron chi connectivity index (χ2n) is 6.13. The first-order chi connectivity index (χ1) is 14.0. The maximum Gasteiger partial charge on any atom is 0.258 e. The van der Waals surface area contributed by atoms with E-state index in [0.29, 0.717) is 21.5 Å². The molecule has 4 aromatic rings. The zero-order valence-corrected chi connectivity index (χ0v) is 17.9. The lowest BCUT2D eigenvalue weighted by atomic mass is 10.2. The summed E-state index contributed by atoms with van der Waals surface area (Å²) in [4.78, 5) is 16.9. The molecular formula is C21H13Cl2FN2OS2. The van der Waals surface area contributed by atoms with Gasteiger partial charge in [0.25, 0.3) is 5.91 Å². The number of rotatable bonds is 5. The normalized spacial score (nSPS) is 11.0. The number of thiazole rings is 1. The van der Waals surface area contributed by atoms with E-state index >= 15 is 0 Å². The molecule has 0 fully saturated rings. The number of carbonyl (C=O) groups excluding carboxylic acids is 1. The molecule has 3 nitrogen and oxygen atoms in total. The van der Waals surface area contributed by atoms with E-state index in [2.05, 4.69) is 10.3 Å². The summed E-state index contributed by atoms with van der Waals surface area (Å²) in [5.74, 6) is -0.320. The number of benzene rings is 3. The number of hydrogen-bond acceptors (Lipinski definition) is 4. The first-order valence-corrected chi connectivity index (χ1v) is 11.1. The van der Waals surface area contributed by atoms with Crippen molar-refractivity contribution in [3.05, 3.63) is 87.7 Å². The topological polar surface area (TPSA) is 42.0 Å². The quantitative estimate of drug-likeness (QED) is 0.316. The fraction of sp³-hybridized carbons (Fsp3) is 0.0476. The summed E-state index contributed by atoms with van der Waals surface area (Å²) in [6, 6.07) is 16.9. The van der Waals surface area contributed by atoms with Gasteiger partial charge in [0.2, 0.25) is 0 Å². The molecule has 8 heteroatoms. The summed E-state index contributed by atoms with van der Waals surface area (Å²) >= 11 is 15.1. The first kappa shape index (κ1) is 20.2. The van der Waals surface area contributed by atoms with Gasteiger partial charge in [0.1, 0.15) is 5.82 Å². The summed E-state index contributed by atoms with van der Waals surface area (Å²) in [6.45, 7) is 0. The molecule has 0 bridgehead atoms. The minimum atomic E-state index is -0.551. The zero-order chi connectivity index (χ0) is 20.4. The van der Waals surface area contributed by atoms with Gasteiger partial charge in [-0.2, -0.15) is 0 Å². The Labute approximate surface area is 184 Å². The number of thioether (sulfide) groups is 1. The van der Waals surface area contributed by atoms with Gasteiger partial charge < -0.3 is 5.32 Å².